The molecule has 1 aliphatic heterocycles. The molecule has 2 rings (SSSR count). The van der Waals surface area contributed by atoms with E-state index in [1.165, 1.54) is 0 Å². The smallest absolute Gasteiger partial charge is 0.270 e. The van der Waals surface area contributed by atoms with Gasteiger partial charge in [0.1, 0.15) is 5.69 Å². The van der Waals surface area contributed by atoms with E-state index < -0.39 is 0 Å². The SMILES string of the molecule is Cc1ncn(C)c1C(=O)N[C@H]1CCCN(C)C1. The molecule has 5 heteroatoms. The summed E-state index contributed by atoms with van der Waals surface area (Å²) in [6.45, 7) is 3.92. The van der Waals surface area contributed by atoms with Crippen LogP contribution < -0.4 is 5.32 Å². The van der Waals surface area contributed by atoms with Gasteiger partial charge in [0.25, 0.3) is 5.91 Å². The molecule has 0 bridgehead atoms. The van der Waals surface area contributed by atoms with Crippen molar-refractivity contribution in [2.45, 2.75) is 25.8 Å². The topological polar surface area (TPSA) is 50.2 Å². The maximum atomic E-state index is 12.1. The molecule has 1 fully saturated rings. The molecule has 17 heavy (non-hydrogen) atoms. The van der Waals surface area contributed by atoms with Crippen LogP contribution in [-0.4, -0.2) is 46.5 Å². The minimum absolute atomic E-state index is 0.0113. The van der Waals surface area contributed by atoms with Crippen molar-refractivity contribution in [2.24, 2.45) is 7.05 Å². The van der Waals surface area contributed by atoms with E-state index in [2.05, 4.69) is 22.2 Å². The van der Waals surface area contributed by atoms with Gasteiger partial charge in [-0.2, -0.15) is 0 Å². The fourth-order valence-electron chi connectivity index (χ4n) is 2.41. The number of carbonyl (C=O) groups excluding carboxylic acids is 1. The van der Waals surface area contributed by atoms with E-state index in [0.717, 1.165) is 31.6 Å². The van der Waals surface area contributed by atoms with Gasteiger partial charge < -0.3 is 14.8 Å². The molecule has 1 N–H and O–H groups in total. The molecule has 0 aliphatic carbocycles. The zero-order chi connectivity index (χ0) is 12.4. The third kappa shape index (κ3) is 2.66. The van der Waals surface area contributed by atoms with Crippen LogP contribution in [0.15, 0.2) is 6.33 Å². The lowest BCUT2D eigenvalue weighted by molar-refractivity contribution is 0.0903. The minimum Gasteiger partial charge on any atom is -0.347 e. The van der Waals surface area contributed by atoms with Gasteiger partial charge >= 0.3 is 0 Å². The first kappa shape index (κ1) is 12.1. The summed E-state index contributed by atoms with van der Waals surface area (Å²) in [4.78, 5) is 18.5. The highest BCUT2D eigenvalue weighted by Gasteiger charge is 2.21. The summed E-state index contributed by atoms with van der Waals surface area (Å²) in [5.74, 6) is -0.0113. The number of likely N-dealkylation sites (tertiary alicyclic amines) is 1. The van der Waals surface area contributed by atoms with Crippen molar-refractivity contribution in [2.75, 3.05) is 20.1 Å². The van der Waals surface area contributed by atoms with Crippen molar-refractivity contribution in [1.29, 1.82) is 0 Å². The van der Waals surface area contributed by atoms with Crippen LogP contribution in [-0.2, 0) is 7.05 Å². The van der Waals surface area contributed by atoms with Gasteiger partial charge in [0.05, 0.1) is 12.0 Å². The number of piperidine rings is 1. The number of likely N-dealkylation sites (N-methyl/N-ethyl adjacent to an activating group) is 1. The monoisotopic (exact) mass is 236 g/mol. The number of nitrogens with zero attached hydrogens (tertiary/aromatic N) is 3. The maximum Gasteiger partial charge on any atom is 0.270 e. The summed E-state index contributed by atoms with van der Waals surface area (Å²) in [5, 5.41) is 3.09. The van der Waals surface area contributed by atoms with E-state index in [1.807, 2.05) is 14.0 Å². The second-order valence-corrected chi connectivity index (χ2v) is 4.86. The largest absolute Gasteiger partial charge is 0.347 e. The molecule has 0 radical (unpaired) electrons. The summed E-state index contributed by atoms with van der Waals surface area (Å²) in [5.41, 5.74) is 1.45. The zero-order valence-corrected chi connectivity index (χ0v) is 10.7. The molecule has 1 amide bonds. The molecule has 0 spiro atoms. The standard InChI is InChI=1S/C12H20N4O/c1-9-11(16(3)8-13-9)12(17)14-10-5-4-6-15(2)7-10/h8,10H,4-7H2,1-3H3,(H,14,17)/t10-/m0/s1. The average Bonchev–Trinajstić information content (AvgIpc) is 2.58. The van der Waals surface area contributed by atoms with Crippen molar-refractivity contribution in [3.05, 3.63) is 17.7 Å². The van der Waals surface area contributed by atoms with Crippen molar-refractivity contribution in [3.8, 4) is 0 Å². The van der Waals surface area contributed by atoms with E-state index in [-0.39, 0.29) is 11.9 Å². The Labute approximate surface area is 102 Å². The predicted molar refractivity (Wildman–Crippen MR) is 65.9 cm³/mol. The number of imidazole rings is 1. The second kappa shape index (κ2) is 4.87. The van der Waals surface area contributed by atoms with Gasteiger partial charge in [0.2, 0.25) is 0 Å². The lowest BCUT2D eigenvalue weighted by atomic mass is 10.1. The van der Waals surface area contributed by atoms with Crippen LogP contribution in [0.4, 0.5) is 0 Å². The Morgan fingerprint density at radius 3 is 2.88 bits per heavy atom. The Hall–Kier alpha value is -1.36. The molecule has 5 nitrogen and oxygen atoms in total. The van der Waals surface area contributed by atoms with Crippen LogP contribution in [0.5, 0.6) is 0 Å². The lowest BCUT2D eigenvalue weighted by Crippen LogP contribution is -2.46. The number of carbonyl (C=O) groups is 1. The van der Waals surface area contributed by atoms with Crippen LogP contribution >= 0.6 is 0 Å². The molecule has 1 aromatic heterocycles. The van der Waals surface area contributed by atoms with Gasteiger partial charge in [0, 0.05) is 19.6 Å². The molecule has 1 aromatic rings. The van der Waals surface area contributed by atoms with Crippen molar-refractivity contribution in [1.82, 2.24) is 19.8 Å². The predicted octanol–water partition coefficient (Wildman–Crippen LogP) is 0.553. The minimum atomic E-state index is -0.0113. The fourth-order valence-corrected chi connectivity index (χ4v) is 2.41. The molecule has 0 unspecified atom stereocenters. The molecule has 2 heterocycles. The lowest BCUT2D eigenvalue weighted by Gasteiger charge is -2.30. The number of amides is 1. The highest BCUT2D eigenvalue weighted by molar-refractivity contribution is 5.93. The van der Waals surface area contributed by atoms with Crippen LogP contribution in [0.25, 0.3) is 0 Å². The van der Waals surface area contributed by atoms with Crippen LogP contribution in [0.1, 0.15) is 29.0 Å². The van der Waals surface area contributed by atoms with Gasteiger partial charge in [-0.25, -0.2) is 4.98 Å². The van der Waals surface area contributed by atoms with E-state index in [0.29, 0.717) is 5.69 Å². The third-order valence-electron chi connectivity index (χ3n) is 3.29. The quantitative estimate of drug-likeness (QED) is 0.816. The van der Waals surface area contributed by atoms with Gasteiger partial charge in [-0.3, -0.25) is 4.79 Å². The fraction of sp³-hybridized carbons (Fsp3) is 0.667. The Morgan fingerprint density at radius 1 is 1.53 bits per heavy atom. The summed E-state index contributed by atoms with van der Waals surface area (Å²) in [6, 6.07) is 0.260. The highest BCUT2D eigenvalue weighted by Crippen LogP contribution is 2.10. The molecular weight excluding hydrogens is 216 g/mol. The molecule has 1 aliphatic rings. The number of aryl methyl sites for hydroxylation is 2. The second-order valence-electron chi connectivity index (χ2n) is 4.86. The van der Waals surface area contributed by atoms with Crippen molar-refractivity contribution >= 4 is 5.91 Å². The van der Waals surface area contributed by atoms with E-state index in [9.17, 15) is 4.79 Å². The average molecular weight is 236 g/mol. The number of hydrogen-bond acceptors (Lipinski definition) is 3. The molecule has 1 saturated heterocycles. The number of hydrogen-bond donors (Lipinski definition) is 1. The number of rotatable bonds is 2. The number of nitrogens with one attached hydrogen (secondary N) is 1. The zero-order valence-electron chi connectivity index (χ0n) is 10.7. The van der Waals surface area contributed by atoms with E-state index in [4.69, 9.17) is 0 Å². The summed E-state index contributed by atoms with van der Waals surface area (Å²) < 4.78 is 1.78. The molecule has 0 aromatic carbocycles. The van der Waals surface area contributed by atoms with E-state index in [1.54, 1.807) is 10.9 Å². The Morgan fingerprint density at radius 2 is 2.29 bits per heavy atom. The molecule has 1 atom stereocenters. The summed E-state index contributed by atoms with van der Waals surface area (Å²) >= 11 is 0. The van der Waals surface area contributed by atoms with Crippen LogP contribution in [0.2, 0.25) is 0 Å². The molecular formula is C12H20N4O. The molecule has 0 saturated carbocycles. The Kier molecular flexibility index (Phi) is 3.47. The molecule has 94 valence electrons. The maximum absolute atomic E-state index is 12.1. The van der Waals surface area contributed by atoms with Crippen molar-refractivity contribution < 1.29 is 4.79 Å². The van der Waals surface area contributed by atoms with Gasteiger partial charge in [-0.15, -0.1) is 0 Å². The first-order chi connectivity index (χ1) is 8.08. The van der Waals surface area contributed by atoms with Gasteiger partial charge in [-0.1, -0.05) is 0 Å². The highest BCUT2D eigenvalue weighted by atomic mass is 16.2. The summed E-state index contributed by atoms with van der Waals surface area (Å²) in [7, 11) is 3.94. The summed E-state index contributed by atoms with van der Waals surface area (Å²) in [6.07, 6.45) is 3.88. The first-order valence-corrected chi connectivity index (χ1v) is 6.05. The van der Waals surface area contributed by atoms with Crippen LogP contribution in [0.3, 0.4) is 0 Å². The first-order valence-electron chi connectivity index (χ1n) is 6.05. The van der Waals surface area contributed by atoms with Crippen molar-refractivity contribution in [3.63, 3.8) is 0 Å². The third-order valence-corrected chi connectivity index (χ3v) is 3.29. The van der Waals surface area contributed by atoms with Gasteiger partial charge in [-0.05, 0) is 33.4 Å². The Bertz CT molecular complexity index is 393. The Balaban J connectivity index is 2.02. The normalized spacial score (nSPS) is 21.5. The van der Waals surface area contributed by atoms with E-state index >= 15 is 0 Å². The number of aromatic nitrogens is 2. The van der Waals surface area contributed by atoms with Crippen LogP contribution in [0, 0.1) is 6.92 Å². The van der Waals surface area contributed by atoms with Gasteiger partial charge in [0.15, 0.2) is 0 Å².